The van der Waals surface area contributed by atoms with E-state index in [1.807, 2.05) is 0 Å². The smallest absolute Gasteiger partial charge is 0.209 e. The van der Waals surface area contributed by atoms with Crippen LogP contribution in [0.2, 0.25) is 0 Å². The number of hydrogen-bond donors (Lipinski definition) is 0. The first-order valence-corrected chi connectivity index (χ1v) is 8.25. The van der Waals surface area contributed by atoms with Gasteiger partial charge in [0.25, 0.3) is 0 Å². The van der Waals surface area contributed by atoms with Crippen molar-refractivity contribution in [3.63, 3.8) is 0 Å². The van der Waals surface area contributed by atoms with Gasteiger partial charge in [-0.15, -0.1) is 0 Å². The van der Waals surface area contributed by atoms with Crippen LogP contribution in [-0.4, -0.2) is 17.3 Å². The van der Waals surface area contributed by atoms with E-state index in [4.69, 9.17) is 0 Å². The van der Waals surface area contributed by atoms with Crippen LogP contribution in [0, 0.1) is 0 Å². The van der Waals surface area contributed by atoms with Crippen LogP contribution in [0.4, 0.5) is 5.69 Å². The molecule has 0 amide bonds. The number of rotatable bonds is 2. The van der Waals surface area contributed by atoms with Crippen molar-refractivity contribution in [2.24, 2.45) is 0 Å². The van der Waals surface area contributed by atoms with Gasteiger partial charge < -0.3 is 17.0 Å². The quantitative estimate of drug-likeness (QED) is 0.599. The molecule has 2 heteroatoms. The summed E-state index contributed by atoms with van der Waals surface area (Å²) in [6, 6.07) is 24.1. The molecule has 3 aromatic carbocycles. The molecule has 1 aliphatic rings. The van der Waals surface area contributed by atoms with E-state index in [0.29, 0.717) is 0 Å². The highest BCUT2D eigenvalue weighted by molar-refractivity contribution is 6.02. The van der Waals surface area contributed by atoms with Crippen molar-refractivity contribution in [1.29, 1.82) is 0 Å². The minimum absolute atomic E-state index is 0. The van der Waals surface area contributed by atoms with E-state index in [2.05, 4.69) is 92.2 Å². The first-order valence-electron chi connectivity index (χ1n) is 8.25. The zero-order valence-corrected chi connectivity index (χ0v) is 16.0. The van der Waals surface area contributed by atoms with Gasteiger partial charge in [-0.3, -0.25) is 0 Å². The Morgan fingerprint density at radius 3 is 2.29 bits per heavy atom. The van der Waals surface area contributed by atoms with Crippen molar-refractivity contribution >= 4 is 22.2 Å². The maximum absolute atomic E-state index is 2.39. The van der Waals surface area contributed by atoms with Crippen molar-refractivity contribution in [2.45, 2.75) is 25.7 Å². The third-order valence-corrected chi connectivity index (χ3v) is 5.52. The second-order valence-electron chi connectivity index (χ2n) is 6.82. The molecule has 0 radical (unpaired) electrons. The fraction of sp³-hybridized carbons (Fsp3) is 0.227. The minimum Gasteiger partial charge on any atom is -1.00 e. The van der Waals surface area contributed by atoms with E-state index in [9.17, 15) is 0 Å². The Bertz CT molecular complexity index is 927. The molecule has 1 unspecified atom stereocenters. The Morgan fingerprint density at radius 1 is 0.875 bits per heavy atom. The zero-order valence-electron chi connectivity index (χ0n) is 14.4. The van der Waals surface area contributed by atoms with Gasteiger partial charge in [-0.05, 0) is 35.7 Å². The molecular formula is C22H22BrN. The molecule has 0 bridgehead atoms. The second kappa shape index (κ2) is 6.18. The van der Waals surface area contributed by atoms with Gasteiger partial charge in [0.2, 0.25) is 5.69 Å². The average molecular weight is 380 g/mol. The normalized spacial score (nSPS) is 19.3. The molecule has 1 atom stereocenters. The van der Waals surface area contributed by atoms with Crippen molar-refractivity contribution in [2.75, 3.05) is 7.05 Å². The number of nitrogens with zero attached hydrogens (tertiary/aromatic N) is 1. The van der Waals surface area contributed by atoms with Gasteiger partial charge in [0.1, 0.15) is 7.05 Å². The van der Waals surface area contributed by atoms with E-state index in [-0.39, 0.29) is 22.4 Å². The van der Waals surface area contributed by atoms with Gasteiger partial charge >= 0.3 is 0 Å². The molecule has 122 valence electrons. The van der Waals surface area contributed by atoms with Crippen LogP contribution < -0.4 is 17.0 Å². The van der Waals surface area contributed by atoms with Gasteiger partial charge in [0.15, 0.2) is 5.71 Å². The Balaban J connectivity index is 0.00000169. The van der Waals surface area contributed by atoms with Crippen molar-refractivity contribution in [1.82, 2.24) is 0 Å². The molecular weight excluding hydrogens is 358 g/mol. The highest BCUT2D eigenvalue weighted by Crippen LogP contribution is 2.45. The lowest BCUT2D eigenvalue weighted by Gasteiger charge is -2.23. The Kier molecular flexibility index (Phi) is 4.35. The van der Waals surface area contributed by atoms with Crippen LogP contribution in [0.5, 0.6) is 0 Å². The number of fused-ring (bicyclic) bond motifs is 3. The summed E-state index contributed by atoms with van der Waals surface area (Å²) in [6.07, 6.45) is 1.03. The van der Waals surface area contributed by atoms with Crippen LogP contribution in [0.1, 0.15) is 25.0 Å². The topological polar surface area (TPSA) is 3.01 Å². The molecule has 0 saturated carbocycles. The van der Waals surface area contributed by atoms with Crippen LogP contribution in [0.25, 0.3) is 10.8 Å². The minimum atomic E-state index is 0. The maximum atomic E-state index is 2.39. The van der Waals surface area contributed by atoms with E-state index in [1.165, 1.54) is 33.3 Å². The SMILES string of the molecule is CC1=[N+](C)c2ccc3ccccc3c2C1(C)Cc1ccccc1.[Br-]. The maximum Gasteiger partial charge on any atom is 0.209 e. The summed E-state index contributed by atoms with van der Waals surface area (Å²) < 4.78 is 2.37. The summed E-state index contributed by atoms with van der Waals surface area (Å²) in [7, 11) is 2.19. The summed E-state index contributed by atoms with van der Waals surface area (Å²) in [5.41, 5.74) is 5.67. The largest absolute Gasteiger partial charge is 1.00 e. The van der Waals surface area contributed by atoms with Crippen LogP contribution >= 0.6 is 0 Å². The molecule has 4 rings (SSSR count). The molecule has 3 aromatic rings. The molecule has 0 spiro atoms. The van der Waals surface area contributed by atoms with Crippen LogP contribution in [0.15, 0.2) is 66.7 Å². The third kappa shape index (κ3) is 2.41. The molecule has 0 saturated heterocycles. The Hall–Kier alpha value is -1.93. The molecule has 1 nitrogen and oxygen atoms in total. The van der Waals surface area contributed by atoms with Gasteiger partial charge in [0, 0.05) is 18.6 Å². The summed E-state index contributed by atoms with van der Waals surface area (Å²) in [4.78, 5) is 0. The summed E-state index contributed by atoms with van der Waals surface area (Å²) in [5.74, 6) is 0. The fourth-order valence-corrected chi connectivity index (χ4v) is 4.07. The van der Waals surface area contributed by atoms with Gasteiger partial charge in [-0.2, -0.15) is 0 Å². The molecule has 0 N–H and O–H groups in total. The lowest BCUT2D eigenvalue weighted by molar-refractivity contribution is -0.403. The fourth-order valence-electron chi connectivity index (χ4n) is 4.07. The molecule has 0 aliphatic carbocycles. The lowest BCUT2D eigenvalue weighted by atomic mass is 9.73. The summed E-state index contributed by atoms with van der Waals surface area (Å²) in [5, 5.41) is 2.71. The molecule has 0 fully saturated rings. The molecule has 1 aliphatic heterocycles. The highest BCUT2D eigenvalue weighted by atomic mass is 79.9. The van der Waals surface area contributed by atoms with Crippen molar-refractivity contribution in [3.8, 4) is 0 Å². The number of hydrogen-bond acceptors (Lipinski definition) is 0. The molecule has 24 heavy (non-hydrogen) atoms. The van der Waals surface area contributed by atoms with E-state index in [1.54, 1.807) is 0 Å². The standard InChI is InChI=1S/C22H22N.BrH/c1-16-22(2,15-17-9-5-4-6-10-17)21-19-12-8-7-11-18(19)13-14-20(21)23(16)3;/h4-14H,15H2,1-3H3;1H/q+1;/p-1. The monoisotopic (exact) mass is 379 g/mol. The third-order valence-electron chi connectivity index (χ3n) is 5.52. The lowest BCUT2D eigenvalue weighted by Crippen LogP contribution is -3.00. The second-order valence-corrected chi connectivity index (χ2v) is 6.82. The number of benzene rings is 3. The molecule has 1 heterocycles. The Labute approximate surface area is 154 Å². The van der Waals surface area contributed by atoms with E-state index in [0.717, 1.165) is 6.42 Å². The summed E-state index contributed by atoms with van der Waals surface area (Å²) >= 11 is 0. The average Bonchev–Trinajstić information content (AvgIpc) is 2.78. The highest BCUT2D eigenvalue weighted by Gasteiger charge is 2.46. The van der Waals surface area contributed by atoms with Crippen molar-refractivity contribution < 1.29 is 21.6 Å². The zero-order chi connectivity index (χ0) is 16.0. The van der Waals surface area contributed by atoms with Crippen LogP contribution in [-0.2, 0) is 11.8 Å². The van der Waals surface area contributed by atoms with Gasteiger partial charge in [0.05, 0.1) is 5.41 Å². The predicted molar refractivity (Wildman–Crippen MR) is 98.0 cm³/mol. The predicted octanol–water partition coefficient (Wildman–Crippen LogP) is 2.09. The van der Waals surface area contributed by atoms with Crippen molar-refractivity contribution in [3.05, 3.63) is 77.9 Å². The summed E-state index contributed by atoms with van der Waals surface area (Å²) in [6.45, 7) is 4.67. The molecule has 0 aromatic heterocycles. The first kappa shape index (κ1) is 16.9. The number of halogens is 1. The van der Waals surface area contributed by atoms with E-state index >= 15 is 0 Å². The van der Waals surface area contributed by atoms with E-state index < -0.39 is 0 Å². The van der Waals surface area contributed by atoms with Gasteiger partial charge in [-0.1, -0.05) is 54.6 Å². The Morgan fingerprint density at radius 2 is 1.54 bits per heavy atom. The first-order chi connectivity index (χ1) is 11.1. The van der Waals surface area contributed by atoms with Gasteiger partial charge in [-0.25, -0.2) is 4.58 Å². The van der Waals surface area contributed by atoms with Crippen LogP contribution in [0.3, 0.4) is 0 Å².